The standard InChI is InChI=1S/C13H20N2/c1-11-4-3-5-12(8-11)6-7-15(2)13-9-14-10-13/h3-5,8,13-14H,6-7,9-10H2,1-2H3. The topological polar surface area (TPSA) is 15.3 Å². The summed E-state index contributed by atoms with van der Waals surface area (Å²) in [6, 6.07) is 9.57. The van der Waals surface area contributed by atoms with Crippen LogP contribution >= 0.6 is 0 Å². The summed E-state index contributed by atoms with van der Waals surface area (Å²) in [5, 5.41) is 3.31. The van der Waals surface area contributed by atoms with Gasteiger partial charge in [0.1, 0.15) is 0 Å². The lowest BCUT2D eigenvalue weighted by Gasteiger charge is -2.35. The molecule has 1 aliphatic rings. The van der Waals surface area contributed by atoms with Gasteiger partial charge in [0.05, 0.1) is 0 Å². The first-order chi connectivity index (χ1) is 7.25. The smallest absolute Gasteiger partial charge is 0.0342 e. The average Bonchev–Trinajstić information content (AvgIpc) is 2.12. The first-order valence-electron chi connectivity index (χ1n) is 5.72. The summed E-state index contributed by atoms with van der Waals surface area (Å²) in [7, 11) is 2.22. The van der Waals surface area contributed by atoms with E-state index < -0.39 is 0 Å². The molecule has 1 fully saturated rings. The van der Waals surface area contributed by atoms with Crippen molar-refractivity contribution in [3.8, 4) is 0 Å². The maximum absolute atomic E-state index is 3.31. The molecule has 0 saturated carbocycles. The molecule has 0 radical (unpaired) electrons. The Morgan fingerprint density at radius 1 is 1.40 bits per heavy atom. The van der Waals surface area contributed by atoms with E-state index in [-0.39, 0.29) is 0 Å². The molecule has 0 spiro atoms. The number of benzene rings is 1. The lowest BCUT2D eigenvalue weighted by atomic mass is 10.1. The SMILES string of the molecule is Cc1cccc(CCN(C)C2CNC2)c1. The predicted octanol–water partition coefficient (Wildman–Crippen LogP) is 1.44. The number of nitrogens with zero attached hydrogens (tertiary/aromatic N) is 1. The third-order valence-electron chi connectivity index (χ3n) is 3.22. The highest BCUT2D eigenvalue weighted by molar-refractivity contribution is 5.22. The van der Waals surface area contributed by atoms with Crippen molar-refractivity contribution in [3.05, 3.63) is 35.4 Å². The van der Waals surface area contributed by atoms with Crippen molar-refractivity contribution in [2.75, 3.05) is 26.7 Å². The highest BCUT2D eigenvalue weighted by atomic mass is 15.2. The van der Waals surface area contributed by atoms with Gasteiger partial charge in [-0.1, -0.05) is 29.8 Å². The second kappa shape index (κ2) is 4.77. The lowest BCUT2D eigenvalue weighted by molar-refractivity contribution is 0.182. The predicted molar refractivity (Wildman–Crippen MR) is 64.2 cm³/mol. The minimum Gasteiger partial charge on any atom is -0.314 e. The van der Waals surface area contributed by atoms with Gasteiger partial charge in [-0.2, -0.15) is 0 Å². The summed E-state index contributed by atoms with van der Waals surface area (Å²) in [6.07, 6.45) is 1.16. The van der Waals surface area contributed by atoms with Gasteiger partial charge >= 0.3 is 0 Å². The van der Waals surface area contributed by atoms with Gasteiger partial charge in [-0.05, 0) is 26.0 Å². The van der Waals surface area contributed by atoms with Crippen LogP contribution in [0, 0.1) is 6.92 Å². The van der Waals surface area contributed by atoms with Gasteiger partial charge in [-0.25, -0.2) is 0 Å². The van der Waals surface area contributed by atoms with Crippen LogP contribution in [0.2, 0.25) is 0 Å². The minimum atomic E-state index is 0.759. The molecule has 2 nitrogen and oxygen atoms in total. The number of rotatable bonds is 4. The van der Waals surface area contributed by atoms with Crippen LogP contribution in [-0.4, -0.2) is 37.6 Å². The van der Waals surface area contributed by atoms with E-state index in [9.17, 15) is 0 Å². The molecule has 15 heavy (non-hydrogen) atoms. The summed E-state index contributed by atoms with van der Waals surface area (Å²) in [6.45, 7) is 5.63. The molecule has 0 amide bonds. The molecule has 0 bridgehead atoms. The van der Waals surface area contributed by atoms with Crippen molar-refractivity contribution in [2.45, 2.75) is 19.4 Å². The lowest BCUT2D eigenvalue weighted by Crippen LogP contribution is -2.56. The molecule has 2 heteroatoms. The van der Waals surface area contributed by atoms with Gasteiger partial charge in [0.2, 0.25) is 0 Å². The number of likely N-dealkylation sites (N-methyl/N-ethyl adjacent to an activating group) is 1. The van der Waals surface area contributed by atoms with Crippen molar-refractivity contribution in [2.24, 2.45) is 0 Å². The molecule has 1 heterocycles. The van der Waals surface area contributed by atoms with Gasteiger partial charge in [-0.15, -0.1) is 0 Å². The second-order valence-corrected chi connectivity index (χ2v) is 4.53. The number of nitrogens with one attached hydrogen (secondary N) is 1. The van der Waals surface area contributed by atoms with Crippen LogP contribution < -0.4 is 5.32 Å². The Morgan fingerprint density at radius 2 is 2.20 bits per heavy atom. The van der Waals surface area contributed by atoms with Crippen LogP contribution in [-0.2, 0) is 6.42 Å². The Hall–Kier alpha value is -0.860. The van der Waals surface area contributed by atoms with E-state index in [1.54, 1.807) is 0 Å². The average molecular weight is 204 g/mol. The van der Waals surface area contributed by atoms with E-state index >= 15 is 0 Å². The van der Waals surface area contributed by atoms with Crippen molar-refractivity contribution in [1.29, 1.82) is 0 Å². The van der Waals surface area contributed by atoms with E-state index in [0.717, 1.165) is 32.1 Å². The molecule has 1 aliphatic heterocycles. The quantitative estimate of drug-likeness (QED) is 0.798. The zero-order valence-electron chi connectivity index (χ0n) is 9.66. The maximum Gasteiger partial charge on any atom is 0.0342 e. The van der Waals surface area contributed by atoms with Gasteiger partial charge in [0.25, 0.3) is 0 Å². The molecule has 1 aromatic carbocycles. The Balaban J connectivity index is 1.81. The Morgan fingerprint density at radius 3 is 2.80 bits per heavy atom. The van der Waals surface area contributed by atoms with Crippen LogP contribution in [0.25, 0.3) is 0 Å². The normalized spacial score (nSPS) is 16.7. The molecule has 2 rings (SSSR count). The van der Waals surface area contributed by atoms with E-state index in [0.29, 0.717) is 0 Å². The van der Waals surface area contributed by atoms with Gasteiger partial charge in [0.15, 0.2) is 0 Å². The number of hydrogen-bond donors (Lipinski definition) is 1. The zero-order valence-corrected chi connectivity index (χ0v) is 9.66. The Labute approximate surface area is 92.3 Å². The van der Waals surface area contributed by atoms with Crippen molar-refractivity contribution in [3.63, 3.8) is 0 Å². The molecule has 0 aliphatic carbocycles. The third kappa shape index (κ3) is 2.80. The Kier molecular flexibility index (Phi) is 3.39. The van der Waals surface area contributed by atoms with Crippen molar-refractivity contribution in [1.82, 2.24) is 10.2 Å². The number of hydrogen-bond acceptors (Lipinski definition) is 2. The molecular formula is C13H20N2. The summed E-state index contributed by atoms with van der Waals surface area (Å²) >= 11 is 0. The summed E-state index contributed by atoms with van der Waals surface area (Å²) in [5.41, 5.74) is 2.81. The van der Waals surface area contributed by atoms with Crippen LogP contribution in [0.4, 0.5) is 0 Å². The molecule has 1 saturated heterocycles. The molecule has 1 N–H and O–H groups in total. The van der Waals surface area contributed by atoms with Gasteiger partial charge in [0, 0.05) is 25.7 Å². The summed E-state index contributed by atoms with van der Waals surface area (Å²) < 4.78 is 0. The third-order valence-corrected chi connectivity index (χ3v) is 3.22. The summed E-state index contributed by atoms with van der Waals surface area (Å²) in [4.78, 5) is 2.46. The molecular weight excluding hydrogens is 184 g/mol. The largest absolute Gasteiger partial charge is 0.314 e. The fourth-order valence-corrected chi connectivity index (χ4v) is 1.94. The zero-order chi connectivity index (χ0) is 10.7. The van der Waals surface area contributed by atoms with Crippen molar-refractivity contribution >= 4 is 0 Å². The molecule has 1 aromatic rings. The maximum atomic E-state index is 3.31. The first kappa shape index (κ1) is 10.7. The first-order valence-corrected chi connectivity index (χ1v) is 5.72. The fraction of sp³-hybridized carbons (Fsp3) is 0.538. The van der Waals surface area contributed by atoms with Crippen molar-refractivity contribution < 1.29 is 0 Å². The van der Waals surface area contributed by atoms with Gasteiger partial charge in [-0.3, -0.25) is 0 Å². The van der Waals surface area contributed by atoms with Crippen LogP contribution in [0.15, 0.2) is 24.3 Å². The number of aryl methyl sites for hydroxylation is 1. The van der Waals surface area contributed by atoms with E-state index in [1.165, 1.54) is 11.1 Å². The highest BCUT2D eigenvalue weighted by Gasteiger charge is 2.20. The second-order valence-electron chi connectivity index (χ2n) is 4.53. The van der Waals surface area contributed by atoms with Crippen LogP contribution in [0.5, 0.6) is 0 Å². The molecule has 0 unspecified atom stereocenters. The highest BCUT2D eigenvalue weighted by Crippen LogP contribution is 2.07. The summed E-state index contributed by atoms with van der Waals surface area (Å²) in [5.74, 6) is 0. The molecule has 0 aromatic heterocycles. The molecule has 0 atom stereocenters. The monoisotopic (exact) mass is 204 g/mol. The Bertz CT molecular complexity index is 318. The van der Waals surface area contributed by atoms with Gasteiger partial charge < -0.3 is 10.2 Å². The minimum absolute atomic E-state index is 0.759. The van der Waals surface area contributed by atoms with E-state index in [4.69, 9.17) is 0 Å². The molecule has 82 valence electrons. The van der Waals surface area contributed by atoms with Crippen LogP contribution in [0.3, 0.4) is 0 Å². The van der Waals surface area contributed by atoms with E-state index in [2.05, 4.69) is 48.5 Å². The van der Waals surface area contributed by atoms with E-state index in [1.807, 2.05) is 0 Å². The van der Waals surface area contributed by atoms with Crippen LogP contribution in [0.1, 0.15) is 11.1 Å². The fourth-order valence-electron chi connectivity index (χ4n) is 1.94.